The fourth-order valence-electron chi connectivity index (χ4n) is 2.58. The highest BCUT2D eigenvalue weighted by molar-refractivity contribution is 6.30. The van der Waals surface area contributed by atoms with Crippen LogP contribution in [0.5, 0.6) is 0 Å². The SMILES string of the molecule is CNC(c1cc(Cl)ccc1F)c1cccc2cccnc12. The summed E-state index contributed by atoms with van der Waals surface area (Å²) in [5.41, 5.74) is 2.30. The number of hydrogen-bond donors (Lipinski definition) is 1. The third-order valence-corrected chi connectivity index (χ3v) is 3.77. The van der Waals surface area contributed by atoms with Crippen LogP contribution in [0, 0.1) is 5.82 Å². The zero-order chi connectivity index (χ0) is 14.8. The van der Waals surface area contributed by atoms with E-state index in [-0.39, 0.29) is 11.9 Å². The van der Waals surface area contributed by atoms with Gasteiger partial charge in [0, 0.05) is 22.2 Å². The molecular formula is C17H14ClFN2. The maximum atomic E-state index is 14.2. The summed E-state index contributed by atoms with van der Waals surface area (Å²) in [6.07, 6.45) is 1.74. The molecular weight excluding hydrogens is 287 g/mol. The van der Waals surface area contributed by atoms with Crippen molar-refractivity contribution >= 4 is 22.5 Å². The van der Waals surface area contributed by atoms with Gasteiger partial charge in [-0.25, -0.2) is 4.39 Å². The van der Waals surface area contributed by atoms with E-state index in [9.17, 15) is 4.39 Å². The van der Waals surface area contributed by atoms with Crippen LogP contribution in [0.25, 0.3) is 10.9 Å². The smallest absolute Gasteiger partial charge is 0.128 e. The molecule has 1 unspecified atom stereocenters. The molecule has 4 heteroatoms. The zero-order valence-electron chi connectivity index (χ0n) is 11.5. The molecule has 0 amide bonds. The Labute approximate surface area is 127 Å². The van der Waals surface area contributed by atoms with E-state index >= 15 is 0 Å². The number of aromatic nitrogens is 1. The summed E-state index contributed by atoms with van der Waals surface area (Å²) in [5, 5.41) is 4.70. The van der Waals surface area contributed by atoms with Gasteiger partial charge in [0.2, 0.25) is 0 Å². The monoisotopic (exact) mass is 300 g/mol. The molecule has 0 saturated heterocycles. The minimum Gasteiger partial charge on any atom is -0.309 e. The van der Waals surface area contributed by atoms with Gasteiger partial charge in [-0.05, 0) is 36.9 Å². The second-order valence-electron chi connectivity index (χ2n) is 4.81. The van der Waals surface area contributed by atoms with E-state index in [1.807, 2.05) is 30.3 Å². The van der Waals surface area contributed by atoms with Crippen molar-refractivity contribution in [3.05, 3.63) is 76.7 Å². The van der Waals surface area contributed by atoms with Crippen molar-refractivity contribution in [2.75, 3.05) is 7.05 Å². The highest BCUT2D eigenvalue weighted by Crippen LogP contribution is 2.30. The lowest BCUT2D eigenvalue weighted by atomic mass is 9.96. The fourth-order valence-corrected chi connectivity index (χ4v) is 2.76. The lowest BCUT2D eigenvalue weighted by Gasteiger charge is -2.19. The van der Waals surface area contributed by atoms with Crippen LogP contribution in [0.3, 0.4) is 0 Å². The standard InChI is InChI=1S/C17H14ClFN2/c1-20-17(14-10-12(18)7-8-15(14)19)13-6-2-4-11-5-3-9-21-16(11)13/h2-10,17,20H,1H3. The fraction of sp³-hybridized carbons (Fsp3) is 0.118. The van der Waals surface area contributed by atoms with E-state index in [2.05, 4.69) is 10.3 Å². The molecule has 3 rings (SSSR count). The highest BCUT2D eigenvalue weighted by atomic mass is 35.5. The second-order valence-corrected chi connectivity index (χ2v) is 5.25. The van der Waals surface area contributed by atoms with Gasteiger partial charge in [-0.2, -0.15) is 0 Å². The molecule has 1 atom stereocenters. The molecule has 21 heavy (non-hydrogen) atoms. The lowest BCUT2D eigenvalue weighted by Crippen LogP contribution is -2.19. The molecule has 1 aromatic heterocycles. The summed E-state index contributed by atoms with van der Waals surface area (Å²) < 4.78 is 14.2. The van der Waals surface area contributed by atoms with Crippen molar-refractivity contribution in [2.45, 2.75) is 6.04 Å². The first-order chi connectivity index (χ1) is 10.2. The van der Waals surface area contributed by atoms with Crippen molar-refractivity contribution in [1.82, 2.24) is 10.3 Å². The number of halogens is 2. The van der Waals surface area contributed by atoms with E-state index in [0.717, 1.165) is 16.5 Å². The van der Waals surface area contributed by atoms with Gasteiger partial charge in [-0.15, -0.1) is 0 Å². The van der Waals surface area contributed by atoms with Crippen LogP contribution < -0.4 is 5.32 Å². The number of rotatable bonds is 3. The molecule has 0 saturated carbocycles. The van der Waals surface area contributed by atoms with Crippen molar-refractivity contribution in [3.63, 3.8) is 0 Å². The second kappa shape index (κ2) is 5.80. The highest BCUT2D eigenvalue weighted by Gasteiger charge is 2.19. The first-order valence-corrected chi connectivity index (χ1v) is 7.04. The molecule has 0 spiro atoms. The van der Waals surface area contributed by atoms with Crippen LogP contribution in [0.1, 0.15) is 17.2 Å². The molecule has 3 aromatic rings. The number of hydrogen-bond acceptors (Lipinski definition) is 2. The summed E-state index contributed by atoms with van der Waals surface area (Å²) in [6, 6.07) is 14.1. The van der Waals surface area contributed by atoms with Crippen molar-refractivity contribution in [1.29, 1.82) is 0 Å². The van der Waals surface area contributed by atoms with Crippen LogP contribution in [-0.2, 0) is 0 Å². The van der Waals surface area contributed by atoms with Gasteiger partial charge >= 0.3 is 0 Å². The molecule has 106 valence electrons. The Bertz CT molecular complexity index is 783. The van der Waals surface area contributed by atoms with Crippen LogP contribution in [0.4, 0.5) is 4.39 Å². The molecule has 0 bridgehead atoms. The summed E-state index contributed by atoms with van der Waals surface area (Å²) in [7, 11) is 1.80. The van der Waals surface area contributed by atoms with Crippen molar-refractivity contribution in [3.8, 4) is 0 Å². The maximum Gasteiger partial charge on any atom is 0.128 e. The summed E-state index contributed by atoms with van der Waals surface area (Å²) in [6.45, 7) is 0. The van der Waals surface area contributed by atoms with E-state index in [1.165, 1.54) is 6.07 Å². The molecule has 0 aliphatic heterocycles. The van der Waals surface area contributed by atoms with Gasteiger partial charge in [0.25, 0.3) is 0 Å². The number of fused-ring (bicyclic) bond motifs is 1. The Kier molecular flexibility index (Phi) is 3.86. The van der Waals surface area contributed by atoms with E-state index in [1.54, 1.807) is 25.4 Å². The number of nitrogens with one attached hydrogen (secondary N) is 1. The molecule has 1 N–H and O–H groups in total. The van der Waals surface area contributed by atoms with Crippen LogP contribution in [0.15, 0.2) is 54.7 Å². The van der Waals surface area contributed by atoms with Gasteiger partial charge in [0.1, 0.15) is 5.82 Å². The predicted octanol–water partition coefficient (Wildman–Crippen LogP) is 4.34. The molecule has 0 fully saturated rings. The number of para-hydroxylation sites is 1. The van der Waals surface area contributed by atoms with E-state index < -0.39 is 0 Å². The topological polar surface area (TPSA) is 24.9 Å². The molecule has 0 aliphatic carbocycles. The van der Waals surface area contributed by atoms with Crippen molar-refractivity contribution < 1.29 is 4.39 Å². The van der Waals surface area contributed by atoms with Crippen molar-refractivity contribution in [2.24, 2.45) is 0 Å². The zero-order valence-corrected chi connectivity index (χ0v) is 12.2. The third-order valence-electron chi connectivity index (χ3n) is 3.53. The minimum atomic E-state index is -0.303. The average Bonchev–Trinajstić information content (AvgIpc) is 2.51. The molecule has 1 heterocycles. The molecule has 0 radical (unpaired) electrons. The van der Waals surface area contributed by atoms with Crippen LogP contribution in [0.2, 0.25) is 5.02 Å². The van der Waals surface area contributed by atoms with Gasteiger partial charge in [-0.1, -0.05) is 35.9 Å². The van der Waals surface area contributed by atoms with E-state index in [4.69, 9.17) is 11.6 Å². The Morgan fingerprint density at radius 3 is 2.71 bits per heavy atom. The predicted molar refractivity (Wildman–Crippen MR) is 84.1 cm³/mol. The first kappa shape index (κ1) is 14.0. The van der Waals surface area contributed by atoms with Gasteiger partial charge < -0.3 is 5.32 Å². The van der Waals surface area contributed by atoms with Gasteiger partial charge in [0.05, 0.1) is 11.6 Å². The van der Waals surface area contributed by atoms with Gasteiger partial charge in [0.15, 0.2) is 0 Å². The van der Waals surface area contributed by atoms with Crippen LogP contribution in [-0.4, -0.2) is 12.0 Å². The third kappa shape index (κ3) is 2.62. The molecule has 2 nitrogen and oxygen atoms in total. The normalized spacial score (nSPS) is 12.5. The number of benzene rings is 2. The molecule has 2 aromatic carbocycles. The first-order valence-electron chi connectivity index (χ1n) is 6.66. The minimum absolute atomic E-state index is 0.285. The quantitative estimate of drug-likeness (QED) is 0.778. The van der Waals surface area contributed by atoms with Crippen LogP contribution >= 0.6 is 11.6 Å². The average molecular weight is 301 g/mol. The Hall–Kier alpha value is -1.97. The Morgan fingerprint density at radius 1 is 1.10 bits per heavy atom. The summed E-state index contributed by atoms with van der Waals surface area (Å²) in [4.78, 5) is 4.43. The number of pyridine rings is 1. The lowest BCUT2D eigenvalue weighted by molar-refractivity contribution is 0.577. The largest absolute Gasteiger partial charge is 0.309 e. The summed E-state index contributed by atoms with van der Waals surface area (Å²) in [5.74, 6) is -0.285. The summed E-state index contributed by atoms with van der Waals surface area (Å²) >= 11 is 6.01. The maximum absolute atomic E-state index is 14.2. The Morgan fingerprint density at radius 2 is 1.90 bits per heavy atom. The number of nitrogens with zero attached hydrogens (tertiary/aromatic N) is 1. The van der Waals surface area contributed by atoms with E-state index in [0.29, 0.717) is 10.6 Å². The van der Waals surface area contributed by atoms with Gasteiger partial charge in [-0.3, -0.25) is 4.98 Å². The molecule has 0 aliphatic rings. The Balaban J connectivity index is 2.21.